The lowest BCUT2D eigenvalue weighted by molar-refractivity contribution is 0.247. The number of benzene rings is 14. The molecular weight excluding hydrogens is 1090 g/mol. The highest BCUT2D eigenvalue weighted by Crippen LogP contribution is 2.15. The van der Waals surface area contributed by atoms with Crippen LogP contribution in [0.5, 0.6) is 0 Å². The van der Waals surface area contributed by atoms with Crippen LogP contribution in [0.15, 0.2) is 491 Å². The number of rotatable bonds is 3. The van der Waals surface area contributed by atoms with E-state index < -0.39 is 0 Å². The number of hydrogen-bond donors (Lipinski definition) is 3. The number of aliphatic hydroxyl groups excluding tert-OH is 3. The summed E-state index contributed by atoms with van der Waals surface area (Å²) in [5.74, 6) is 0. The van der Waals surface area contributed by atoms with Crippen molar-refractivity contribution in [1.82, 2.24) is 0 Å². The zero-order valence-electron chi connectivity index (χ0n) is 51.7. The minimum Gasteiger partial charge on any atom is -0.392 e. The lowest BCUT2D eigenvalue weighted by Crippen LogP contribution is -1.99. The molecule has 456 valence electrons. The van der Waals surface area contributed by atoms with E-state index in [1.165, 1.54) is 0 Å². The van der Waals surface area contributed by atoms with Crippen LogP contribution in [0.25, 0.3) is 0 Å². The van der Waals surface area contributed by atoms with Gasteiger partial charge in [0, 0.05) is 0 Å². The third-order valence-corrected chi connectivity index (χ3v) is 10.5. The van der Waals surface area contributed by atoms with Gasteiger partial charge in [0.2, 0.25) is 0 Å². The average molecular weight is 1180 g/mol. The van der Waals surface area contributed by atoms with Crippen LogP contribution < -0.4 is 0 Å². The van der Waals surface area contributed by atoms with E-state index in [2.05, 4.69) is 0 Å². The molecule has 3 heteroatoms. The van der Waals surface area contributed by atoms with Crippen molar-refractivity contribution >= 4 is 0 Å². The molecule has 3 N–H and O–H groups in total. The van der Waals surface area contributed by atoms with Gasteiger partial charge in [0.1, 0.15) is 0 Å². The van der Waals surface area contributed by atoms with Gasteiger partial charge in [-0.1, -0.05) is 491 Å². The molecule has 0 fully saturated rings. The first-order valence-electron chi connectivity index (χ1n) is 29.8. The molecule has 90 heavy (non-hydrogen) atoms. The Morgan fingerprint density at radius 3 is 0.244 bits per heavy atom. The predicted octanol–water partition coefficient (Wildman–Crippen LogP) is 22.1. The Balaban J connectivity index is 0.000000487. The molecule has 0 atom stereocenters. The third kappa shape index (κ3) is 58.7. The molecule has 0 amide bonds. The number of hydrogen-bond acceptors (Lipinski definition) is 3. The summed E-state index contributed by atoms with van der Waals surface area (Å²) in [5.41, 5.74) is 1.97. The van der Waals surface area contributed by atoms with Gasteiger partial charge in [0.15, 0.2) is 0 Å². The zero-order valence-corrected chi connectivity index (χ0v) is 51.7. The fraction of sp³-hybridized carbons (Fsp3) is 0.0345. The molecule has 14 aromatic carbocycles. The third-order valence-electron chi connectivity index (χ3n) is 10.5. The van der Waals surface area contributed by atoms with Crippen molar-refractivity contribution in [3.63, 3.8) is 0 Å². The first-order valence-corrected chi connectivity index (χ1v) is 29.8. The van der Waals surface area contributed by atoms with Crippen LogP contribution in [0.2, 0.25) is 0 Å². The van der Waals surface area contributed by atoms with E-state index in [1.807, 2.05) is 473 Å². The predicted molar refractivity (Wildman–Crippen MR) is 388 cm³/mol. The van der Waals surface area contributed by atoms with E-state index in [-0.39, 0.29) is 19.8 Å². The van der Waals surface area contributed by atoms with Crippen molar-refractivity contribution in [2.24, 2.45) is 0 Å². The highest BCUT2D eigenvalue weighted by atomic mass is 16.3. The van der Waals surface area contributed by atoms with Gasteiger partial charge in [0.05, 0.1) is 19.8 Å². The molecule has 0 aromatic heterocycles. The summed E-state index contributed by atoms with van der Waals surface area (Å²) >= 11 is 0. The van der Waals surface area contributed by atoms with Crippen molar-refractivity contribution < 1.29 is 15.3 Å². The first kappa shape index (κ1) is 77.0. The summed E-state index contributed by atoms with van der Waals surface area (Å²) in [6.07, 6.45) is 0. The first-order chi connectivity index (χ1) is 44.8. The van der Waals surface area contributed by atoms with Crippen molar-refractivity contribution in [3.05, 3.63) is 508 Å². The highest BCUT2D eigenvalue weighted by Gasteiger charge is 2.04. The molecule has 3 nitrogen and oxygen atoms in total. The second-order valence-electron chi connectivity index (χ2n) is 17.5. The standard InChI is InChI=1S/C9H12O3.13C6H6/c10-4-7-2-1-3-8(5-11)9(7)6-12;13*1-2-4-6-5-3-1/h1-3,10-12H,4-6H2;13*1-6H. The fourth-order valence-electron chi connectivity index (χ4n) is 6.19. The lowest BCUT2D eigenvalue weighted by atomic mass is 10.0. The molecule has 0 aliphatic rings. The van der Waals surface area contributed by atoms with E-state index in [9.17, 15) is 0 Å². The summed E-state index contributed by atoms with van der Waals surface area (Å²) in [7, 11) is 0. The van der Waals surface area contributed by atoms with E-state index >= 15 is 0 Å². The van der Waals surface area contributed by atoms with Gasteiger partial charge in [-0.05, 0) is 16.7 Å². The molecule has 0 aliphatic carbocycles. The molecular formula is C87H90O3. The SMILES string of the molecule is OCc1cccc(CO)c1CO.c1ccccc1.c1ccccc1.c1ccccc1.c1ccccc1.c1ccccc1.c1ccccc1.c1ccccc1.c1ccccc1.c1ccccc1.c1ccccc1.c1ccccc1.c1ccccc1.c1ccccc1. The Labute approximate surface area is 540 Å². The van der Waals surface area contributed by atoms with Crippen molar-refractivity contribution in [2.75, 3.05) is 0 Å². The Morgan fingerprint density at radius 2 is 0.189 bits per heavy atom. The quantitative estimate of drug-likeness (QED) is 0.165. The molecule has 0 bridgehead atoms. The van der Waals surface area contributed by atoms with Gasteiger partial charge in [0.25, 0.3) is 0 Å². The summed E-state index contributed by atoms with van der Waals surface area (Å²) in [5, 5.41) is 26.7. The van der Waals surface area contributed by atoms with Crippen LogP contribution in [-0.4, -0.2) is 15.3 Å². The Hall–Kier alpha value is -11.0. The van der Waals surface area contributed by atoms with Crippen LogP contribution >= 0.6 is 0 Å². The molecule has 14 aromatic rings. The van der Waals surface area contributed by atoms with Crippen LogP contribution in [-0.2, 0) is 19.8 Å². The summed E-state index contributed by atoms with van der Waals surface area (Å²) < 4.78 is 0. The highest BCUT2D eigenvalue weighted by molar-refractivity contribution is 5.34. The lowest BCUT2D eigenvalue weighted by Gasteiger charge is -2.08. The van der Waals surface area contributed by atoms with Gasteiger partial charge in [-0.3, -0.25) is 0 Å². The molecule has 14 rings (SSSR count). The minimum atomic E-state index is -0.146. The normalized spacial score (nSPS) is 8.30. The molecule has 0 saturated carbocycles. The largest absolute Gasteiger partial charge is 0.392 e. The van der Waals surface area contributed by atoms with Gasteiger partial charge in [-0.25, -0.2) is 0 Å². The van der Waals surface area contributed by atoms with E-state index in [4.69, 9.17) is 15.3 Å². The zero-order chi connectivity index (χ0) is 64.1. The Morgan fingerprint density at radius 1 is 0.111 bits per heavy atom. The molecule has 0 aliphatic heterocycles. The maximum absolute atomic E-state index is 8.94. The van der Waals surface area contributed by atoms with Crippen molar-refractivity contribution in [1.29, 1.82) is 0 Å². The van der Waals surface area contributed by atoms with Crippen LogP contribution in [0, 0.1) is 0 Å². The molecule has 0 saturated heterocycles. The Bertz CT molecular complexity index is 2180. The molecule has 0 heterocycles. The van der Waals surface area contributed by atoms with Crippen molar-refractivity contribution in [3.8, 4) is 0 Å². The van der Waals surface area contributed by atoms with Crippen molar-refractivity contribution in [2.45, 2.75) is 19.8 Å². The van der Waals surface area contributed by atoms with E-state index in [0.717, 1.165) is 0 Å². The topological polar surface area (TPSA) is 60.7 Å². The van der Waals surface area contributed by atoms with Crippen LogP contribution in [0.4, 0.5) is 0 Å². The summed E-state index contributed by atoms with van der Waals surface area (Å²) in [4.78, 5) is 0. The van der Waals surface area contributed by atoms with E-state index in [0.29, 0.717) is 16.7 Å². The monoisotopic (exact) mass is 1180 g/mol. The second-order valence-corrected chi connectivity index (χ2v) is 17.5. The molecule has 0 radical (unpaired) electrons. The Kier molecular flexibility index (Phi) is 58.8. The summed E-state index contributed by atoms with van der Waals surface area (Å²) in [6.45, 7) is -0.361. The average Bonchev–Trinajstić information content (AvgIpc) is 3.11. The van der Waals surface area contributed by atoms with Crippen LogP contribution in [0.1, 0.15) is 16.7 Å². The second kappa shape index (κ2) is 68.7. The number of aliphatic hydroxyl groups is 3. The summed E-state index contributed by atoms with van der Waals surface area (Å²) in [6, 6.07) is 161. The van der Waals surface area contributed by atoms with Gasteiger partial charge >= 0.3 is 0 Å². The molecule has 0 spiro atoms. The smallest absolute Gasteiger partial charge is 0.0688 e. The van der Waals surface area contributed by atoms with Gasteiger partial charge in [-0.15, -0.1) is 0 Å². The van der Waals surface area contributed by atoms with E-state index in [1.54, 1.807) is 18.2 Å². The van der Waals surface area contributed by atoms with Crippen LogP contribution in [0.3, 0.4) is 0 Å². The minimum absolute atomic E-state index is 0.107. The molecule has 0 unspecified atom stereocenters. The van der Waals surface area contributed by atoms with Gasteiger partial charge in [-0.2, -0.15) is 0 Å². The fourth-order valence-corrected chi connectivity index (χ4v) is 6.19. The maximum atomic E-state index is 8.94. The maximum Gasteiger partial charge on any atom is 0.0688 e. The van der Waals surface area contributed by atoms with Gasteiger partial charge < -0.3 is 15.3 Å².